The van der Waals surface area contributed by atoms with Gasteiger partial charge in [0.25, 0.3) is 5.91 Å². The zero-order valence-corrected chi connectivity index (χ0v) is 11.1. The Morgan fingerprint density at radius 3 is 3.16 bits per heavy atom. The van der Waals surface area contributed by atoms with Gasteiger partial charge in [-0.2, -0.15) is 10.2 Å². The van der Waals surface area contributed by atoms with E-state index in [4.69, 9.17) is 0 Å². The maximum Gasteiger partial charge on any atom is 0.272 e. The van der Waals surface area contributed by atoms with Crippen molar-refractivity contribution in [3.8, 4) is 0 Å². The van der Waals surface area contributed by atoms with Gasteiger partial charge in [-0.15, -0.1) is 0 Å². The molecule has 1 aliphatic carbocycles. The number of fused-ring (bicyclic) bond motifs is 1. The average molecular weight is 259 g/mol. The van der Waals surface area contributed by atoms with E-state index < -0.39 is 0 Å². The Bertz CT molecular complexity index is 593. The van der Waals surface area contributed by atoms with Crippen LogP contribution in [0.1, 0.15) is 33.9 Å². The van der Waals surface area contributed by atoms with Crippen molar-refractivity contribution in [2.45, 2.75) is 32.2 Å². The third-order valence-corrected chi connectivity index (χ3v) is 3.70. The number of hydrogen-bond acceptors (Lipinski definition) is 3. The number of carbonyl (C=O) groups excluding carboxylic acids is 1. The molecule has 1 amide bonds. The van der Waals surface area contributed by atoms with Gasteiger partial charge in [-0.05, 0) is 31.4 Å². The molecule has 19 heavy (non-hydrogen) atoms. The summed E-state index contributed by atoms with van der Waals surface area (Å²) < 4.78 is 1.71. The molecule has 0 aromatic carbocycles. The van der Waals surface area contributed by atoms with Crippen LogP contribution in [0.3, 0.4) is 0 Å². The Morgan fingerprint density at radius 2 is 2.42 bits per heavy atom. The Kier molecular flexibility index (Phi) is 2.85. The number of aromatic amines is 1. The molecule has 0 aliphatic heterocycles. The molecule has 1 unspecified atom stereocenters. The second kappa shape index (κ2) is 4.53. The number of hydrogen-bond donors (Lipinski definition) is 2. The average Bonchev–Trinajstić information content (AvgIpc) is 2.96. The number of carbonyl (C=O) groups is 1. The monoisotopic (exact) mass is 259 g/mol. The van der Waals surface area contributed by atoms with Crippen LogP contribution in [0.15, 0.2) is 12.3 Å². The molecule has 1 aliphatic rings. The van der Waals surface area contributed by atoms with Gasteiger partial charge in [-0.1, -0.05) is 0 Å². The Labute approximate surface area is 111 Å². The lowest BCUT2D eigenvalue weighted by atomic mass is 9.94. The molecule has 6 heteroatoms. The van der Waals surface area contributed by atoms with E-state index in [1.165, 1.54) is 5.56 Å². The van der Waals surface area contributed by atoms with E-state index >= 15 is 0 Å². The molecule has 0 saturated carbocycles. The summed E-state index contributed by atoms with van der Waals surface area (Å²) in [7, 11) is 1.84. The number of aromatic nitrogens is 4. The Hall–Kier alpha value is -2.11. The third-order valence-electron chi connectivity index (χ3n) is 3.70. The van der Waals surface area contributed by atoms with Crippen LogP contribution in [0.4, 0.5) is 0 Å². The molecule has 0 fully saturated rings. The van der Waals surface area contributed by atoms with E-state index in [9.17, 15) is 4.79 Å². The number of aryl methyl sites for hydroxylation is 3. The van der Waals surface area contributed by atoms with Crippen LogP contribution in [0, 0.1) is 6.92 Å². The highest BCUT2D eigenvalue weighted by Gasteiger charge is 2.22. The van der Waals surface area contributed by atoms with Gasteiger partial charge in [-0.25, -0.2) is 0 Å². The quantitative estimate of drug-likeness (QED) is 0.835. The molecule has 2 N–H and O–H groups in total. The van der Waals surface area contributed by atoms with Gasteiger partial charge in [0.1, 0.15) is 5.69 Å². The second-order valence-corrected chi connectivity index (χ2v) is 5.08. The van der Waals surface area contributed by atoms with Gasteiger partial charge < -0.3 is 5.32 Å². The van der Waals surface area contributed by atoms with E-state index in [2.05, 4.69) is 20.6 Å². The minimum Gasteiger partial charge on any atom is -0.348 e. The third kappa shape index (κ3) is 2.25. The second-order valence-electron chi connectivity index (χ2n) is 5.08. The molecule has 6 nitrogen and oxygen atoms in total. The highest BCUT2D eigenvalue weighted by atomic mass is 16.2. The van der Waals surface area contributed by atoms with Gasteiger partial charge in [0.05, 0.1) is 6.20 Å². The van der Waals surface area contributed by atoms with Crippen molar-refractivity contribution < 1.29 is 4.79 Å². The minimum atomic E-state index is -0.100. The lowest BCUT2D eigenvalue weighted by molar-refractivity contribution is 0.0927. The number of rotatable bonds is 2. The SMILES string of the molecule is Cc1cc(C(=O)NC2CCc3cn[nH]c3C2)nn1C. The summed E-state index contributed by atoms with van der Waals surface area (Å²) in [6, 6.07) is 1.96. The largest absolute Gasteiger partial charge is 0.348 e. The maximum absolute atomic E-state index is 12.1. The van der Waals surface area contributed by atoms with Gasteiger partial charge in [0.15, 0.2) is 0 Å². The Morgan fingerprint density at radius 1 is 1.58 bits per heavy atom. The fourth-order valence-corrected chi connectivity index (χ4v) is 2.46. The minimum absolute atomic E-state index is 0.100. The van der Waals surface area contributed by atoms with Gasteiger partial charge in [0, 0.05) is 30.9 Å². The summed E-state index contributed by atoms with van der Waals surface area (Å²) in [5.41, 5.74) is 3.85. The molecule has 2 aromatic heterocycles. The lowest BCUT2D eigenvalue weighted by Crippen LogP contribution is -2.39. The summed E-state index contributed by atoms with van der Waals surface area (Å²) in [4.78, 5) is 12.1. The zero-order chi connectivity index (χ0) is 13.4. The molecule has 0 spiro atoms. The highest BCUT2D eigenvalue weighted by Crippen LogP contribution is 2.19. The van der Waals surface area contributed by atoms with Crippen LogP contribution in [0.5, 0.6) is 0 Å². The normalized spacial score (nSPS) is 18.1. The summed E-state index contributed by atoms with van der Waals surface area (Å²) in [5, 5.41) is 14.3. The fraction of sp³-hybridized carbons (Fsp3) is 0.462. The molecular weight excluding hydrogens is 242 g/mol. The molecular formula is C13H17N5O. The smallest absolute Gasteiger partial charge is 0.272 e. The molecule has 2 heterocycles. The van der Waals surface area contributed by atoms with E-state index in [0.29, 0.717) is 5.69 Å². The molecule has 3 rings (SSSR count). The van der Waals surface area contributed by atoms with Crippen LogP contribution in [-0.4, -0.2) is 31.9 Å². The topological polar surface area (TPSA) is 75.6 Å². The van der Waals surface area contributed by atoms with Crippen molar-refractivity contribution in [1.29, 1.82) is 0 Å². The lowest BCUT2D eigenvalue weighted by Gasteiger charge is -2.22. The van der Waals surface area contributed by atoms with Crippen LogP contribution in [0.25, 0.3) is 0 Å². The molecule has 0 bridgehead atoms. The number of H-pyrrole nitrogens is 1. The van der Waals surface area contributed by atoms with E-state index in [0.717, 1.165) is 30.7 Å². The molecule has 100 valence electrons. The predicted octanol–water partition coefficient (Wildman–Crippen LogP) is 0.739. The predicted molar refractivity (Wildman–Crippen MR) is 69.8 cm³/mol. The summed E-state index contributed by atoms with van der Waals surface area (Å²) >= 11 is 0. The van der Waals surface area contributed by atoms with E-state index in [-0.39, 0.29) is 11.9 Å². The Balaban J connectivity index is 1.68. The van der Waals surface area contributed by atoms with Gasteiger partial charge >= 0.3 is 0 Å². The van der Waals surface area contributed by atoms with Crippen LogP contribution >= 0.6 is 0 Å². The van der Waals surface area contributed by atoms with Crippen molar-refractivity contribution in [3.63, 3.8) is 0 Å². The summed E-state index contributed by atoms with van der Waals surface area (Å²) in [5.74, 6) is -0.100. The van der Waals surface area contributed by atoms with Crippen LogP contribution < -0.4 is 5.32 Å². The van der Waals surface area contributed by atoms with Crippen LogP contribution in [0.2, 0.25) is 0 Å². The van der Waals surface area contributed by atoms with Crippen molar-refractivity contribution in [2.75, 3.05) is 0 Å². The first-order valence-corrected chi connectivity index (χ1v) is 6.46. The van der Waals surface area contributed by atoms with Gasteiger partial charge in [0.2, 0.25) is 0 Å². The summed E-state index contributed by atoms with van der Waals surface area (Å²) in [6.45, 7) is 1.93. The first-order chi connectivity index (χ1) is 9.13. The first kappa shape index (κ1) is 12.0. The highest BCUT2D eigenvalue weighted by molar-refractivity contribution is 5.92. The van der Waals surface area contributed by atoms with Crippen LogP contribution in [-0.2, 0) is 19.9 Å². The van der Waals surface area contributed by atoms with Crippen molar-refractivity contribution in [3.05, 3.63) is 34.9 Å². The molecule has 0 radical (unpaired) electrons. The standard InChI is InChI=1S/C13H17N5O/c1-8-5-12(17-18(8)2)13(19)15-10-4-3-9-7-14-16-11(9)6-10/h5,7,10H,3-4,6H2,1-2H3,(H,14,16)(H,15,19). The van der Waals surface area contributed by atoms with Crippen molar-refractivity contribution in [2.24, 2.45) is 7.05 Å². The molecule has 0 saturated heterocycles. The van der Waals surface area contributed by atoms with E-state index in [1.54, 1.807) is 10.7 Å². The first-order valence-electron chi connectivity index (χ1n) is 6.46. The molecule has 1 atom stereocenters. The number of amides is 1. The van der Waals surface area contributed by atoms with Gasteiger partial charge in [-0.3, -0.25) is 14.6 Å². The van der Waals surface area contributed by atoms with Crippen molar-refractivity contribution >= 4 is 5.91 Å². The fourth-order valence-electron chi connectivity index (χ4n) is 2.46. The number of nitrogens with zero attached hydrogens (tertiary/aromatic N) is 3. The van der Waals surface area contributed by atoms with Crippen molar-refractivity contribution in [1.82, 2.24) is 25.3 Å². The summed E-state index contributed by atoms with van der Waals surface area (Å²) in [6.07, 6.45) is 4.59. The maximum atomic E-state index is 12.1. The zero-order valence-electron chi connectivity index (χ0n) is 11.1. The van der Waals surface area contributed by atoms with E-state index in [1.807, 2.05) is 20.2 Å². The number of nitrogens with one attached hydrogen (secondary N) is 2. The molecule has 2 aromatic rings.